The van der Waals surface area contributed by atoms with E-state index in [9.17, 15) is 9.59 Å². The van der Waals surface area contributed by atoms with Crippen LogP contribution in [-0.4, -0.2) is 43.4 Å². The summed E-state index contributed by atoms with van der Waals surface area (Å²) < 4.78 is 0. The fourth-order valence-corrected chi connectivity index (χ4v) is 6.12. The normalized spacial score (nSPS) is 11.8. The number of thiophene rings is 1. The molecule has 7 heteroatoms. The number of rotatable bonds is 13. The van der Waals surface area contributed by atoms with Crippen molar-refractivity contribution in [2.45, 2.75) is 142 Å². The minimum atomic E-state index is -0.139. The number of allylic oxidation sites excluding steroid dienone is 5. The molecule has 0 radical (unpaired) electrons. The third-order valence-electron chi connectivity index (χ3n) is 7.36. The molecule has 53 heavy (non-hydrogen) atoms. The Balaban J connectivity index is -0.00000116. The highest BCUT2D eigenvalue weighted by atomic mass is 32.1. The molecular weight excluding hydrogens is 673 g/mol. The van der Waals surface area contributed by atoms with E-state index in [1.165, 1.54) is 56.0 Å². The topological polar surface area (TPSA) is 73.8 Å². The highest BCUT2D eigenvalue weighted by molar-refractivity contribution is 7.14. The van der Waals surface area contributed by atoms with Gasteiger partial charge in [-0.05, 0) is 125 Å². The molecule has 0 atom stereocenters. The molecule has 3 rings (SSSR count). The van der Waals surface area contributed by atoms with Crippen LogP contribution in [0, 0.1) is 12.8 Å². The number of anilines is 1. The summed E-state index contributed by atoms with van der Waals surface area (Å²) >= 11 is 1.60. The SMILES string of the molecule is C=C(C)/C=N\C(=C)N/C(=C/C(=C\C)c1cccc(NC(=O)c2cc3c(s2)CCCC3)c1C)C(C)=O.CC.CC.CC.CCCC(C)C.CCCN(C)C. The molecule has 2 aromatic rings. The zero-order valence-corrected chi connectivity index (χ0v) is 37.6. The van der Waals surface area contributed by atoms with Crippen LogP contribution < -0.4 is 10.6 Å². The molecule has 0 bridgehead atoms. The number of Topliss-reactive ketones (excluding diaryl/α,β-unsaturated/α-hetero) is 1. The van der Waals surface area contributed by atoms with Gasteiger partial charge < -0.3 is 15.5 Å². The number of carbonyl (C=O) groups excluding carboxylic acids is 2. The van der Waals surface area contributed by atoms with Crippen LogP contribution in [0.25, 0.3) is 5.57 Å². The number of hydrogen-bond donors (Lipinski definition) is 2. The van der Waals surface area contributed by atoms with E-state index in [1.807, 2.05) is 92.7 Å². The quantitative estimate of drug-likeness (QED) is 0.121. The molecule has 0 spiro atoms. The molecule has 1 aromatic heterocycles. The zero-order valence-electron chi connectivity index (χ0n) is 36.8. The van der Waals surface area contributed by atoms with Crippen molar-refractivity contribution >= 4 is 40.5 Å². The summed E-state index contributed by atoms with van der Waals surface area (Å²) in [7, 11) is 4.17. The van der Waals surface area contributed by atoms with Crippen LogP contribution in [0.3, 0.4) is 0 Å². The molecule has 6 nitrogen and oxygen atoms in total. The van der Waals surface area contributed by atoms with E-state index in [4.69, 9.17) is 0 Å². The second-order valence-electron chi connectivity index (χ2n) is 12.7. The maximum absolute atomic E-state index is 13.0. The summed E-state index contributed by atoms with van der Waals surface area (Å²) in [5.74, 6) is 1.02. The lowest BCUT2D eigenvalue weighted by molar-refractivity contribution is -0.113. The summed E-state index contributed by atoms with van der Waals surface area (Å²) in [6.07, 6.45) is 13.8. The third kappa shape index (κ3) is 23.7. The molecule has 300 valence electrons. The van der Waals surface area contributed by atoms with E-state index in [-0.39, 0.29) is 11.7 Å². The number of fused-ring (bicyclic) bond motifs is 1. The number of ketones is 1. The van der Waals surface area contributed by atoms with E-state index in [0.29, 0.717) is 11.5 Å². The fourth-order valence-electron chi connectivity index (χ4n) is 4.97. The van der Waals surface area contributed by atoms with E-state index < -0.39 is 0 Å². The predicted octanol–water partition coefficient (Wildman–Crippen LogP) is 13.3. The lowest BCUT2D eigenvalue weighted by atomic mass is 9.97. The van der Waals surface area contributed by atoms with Gasteiger partial charge in [0.05, 0.1) is 10.6 Å². The second kappa shape index (κ2) is 33.1. The first kappa shape index (κ1) is 53.8. The predicted molar refractivity (Wildman–Crippen MR) is 241 cm³/mol. The molecule has 1 amide bonds. The monoisotopic (exact) mass is 751 g/mol. The van der Waals surface area contributed by atoms with Gasteiger partial charge in [0.2, 0.25) is 0 Å². The molecule has 0 saturated heterocycles. The van der Waals surface area contributed by atoms with Crippen molar-refractivity contribution in [3.05, 3.63) is 93.1 Å². The van der Waals surface area contributed by atoms with Gasteiger partial charge >= 0.3 is 0 Å². The number of hydrogen-bond acceptors (Lipinski definition) is 6. The van der Waals surface area contributed by atoms with Crippen molar-refractivity contribution in [2.75, 3.05) is 26.0 Å². The van der Waals surface area contributed by atoms with E-state index >= 15 is 0 Å². The Bertz CT molecular complexity index is 1390. The van der Waals surface area contributed by atoms with Crippen LogP contribution in [0.1, 0.15) is 153 Å². The van der Waals surface area contributed by atoms with Crippen molar-refractivity contribution in [2.24, 2.45) is 10.9 Å². The highest BCUT2D eigenvalue weighted by Crippen LogP contribution is 2.31. The number of aryl methyl sites for hydroxylation is 2. The van der Waals surface area contributed by atoms with Gasteiger partial charge in [-0.25, -0.2) is 4.99 Å². The molecule has 0 saturated carbocycles. The summed E-state index contributed by atoms with van der Waals surface area (Å²) in [6.45, 7) is 37.0. The minimum Gasteiger partial charge on any atom is -0.338 e. The number of aliphatic imine (C=N–C) groups is 1. The van der Waals surface area contributed by atoms with Gasteiger partial charge in [-0.15, -0.1) is 11.3 Å². The van der Waals surface area contributed by atoms with Crippen LogP contribution in [0.5, 0.6) is 0 Å². The van der Waals surface area contributed by atoms with Gasteiger partial charge in [0, 0.05) is 23.7 Å². The van der Waals surface area contributed by atoms with Gasteiger partial charge in [0.15, 0.2) is 5.78 Å². The highest BCUT2D eigenvalue weighted by Gasteiger charge is 2.18. The first-order valence-corrected chi connectivity index (χ1v) is 20.8. The van der Waals surface area contributed by atoms with Crippen molar-refractivity contribution in [1.29, 1.82) is 0 Å². The Morgan fingerprint density at radius 2 is 1.58 bits per heavy atom. The Morgan fingerprint density at radius 3 is 2.02 bits per heavy atom. The smallest absolute Gasteiger partial charge is 0.265 e. The molecule has 1 aliphatic rings. The van der Waals surface area contributed by atoms with Crippen LogP contribution in [0.4, 0.5) is 5.69 Å². The number of nitrogens with zero attached hydrogens (tertiary/aromatic N) is 2. The van der Waals surface area contributed by atoms with E-state index in [0.717, 1.165) is 51.6 Å². The number of benzene rings is 1. The third-order valence-corrected chi connectivity index (χ3v) is 8.60. The number of amides is 1. The van der Waals surface area contributed by atoms with Gasteiger partial charge in [0.25, 0.3) is 5.91 Å². The molecule has 0 unspecified atom stereocenters. The van der Waals surface area contributed by atoms with Crippen molar-refractivity contribution in [3.63, 3.8) is 0 Å². The van der Waals surface area contributed by atoms with Crippen LogP contribution >= 0.6 is 11.3 Å². The van der Waals surface area contributed by atoms with Gasteiger partial charge in [-0.2, -0.15) is 0 Å². The maximum atomic E-state index is 13.0. The molecule has 1 aromatic carbocycles. The van der Waals surface area contributed by atoms with Crippen LogP contribution in [-0.2, 0) is 17.6 Å². The van der Waals surface area contributed by atoms with Crippen LogP contribution in [0.15, 0.2) is 71.7 Å². The maximum Gasteiger partial charge on any atom is 0.265 e. The molecule has 1 aliphatic carbocycles. The Labute approximate surface area is 331 Å². The number of nitrogens with one attached hydrogen (secondary N) is 2. The van der Waals surface area contributed by atoms with Crippen molar-refractivity contribution in [3.8, 4) is 0 Å². The van der Waals surface area contributed by atoms with Crippen LogP contribution in [0.2, 0.25) is 0 Å². The molecule has 0 aliphatic heterocycles. The lowest BCUT2D eigenvalue weighted by Gasteiger charge is -2.14. The Morgan fingerprint density at radius 1 is 0.981 bits per heavy atom. The molecule has 2 N–H and O–H groups in total. The van der Waals surface area contributed by atoms with Gasteiger partial charge in [-0.3, -0.25) is 9.59 Å². The molecule has 0 fully saturated rings. The van der Waals surface area contributed by atoms with E-state index in [2.05, 4.69) is 75.5 Å². The standard InChI is InChI=1S/C29H33N3O2S.C6H14.C5H13N.3C2H6/c1-7-22(15-26(20(5)33)31-21(6)30-17-18(2)3)24-12-10-13-25(19(24)4)32-29(34)28-16-23-11-8-9-14-27(23)35-28;2*1-4-5-6(2)3;3*1-2/h7,10,12-13,15-17,31H,2,6,8-9,11,14H2,1,3-5H3,(H,32,34);6H,4-5H2,1-3H3;4-5H2,1-3H3;3*1-2H3/b22-7+,26-15+,30-17-;;;;;. The fraction of sp³-hybridized carbons (Fsp3) is 0.543. The van der Waals surface area contributed by atoms with Crippen molar-refractivity contribution < 1.29 is 9.59 Å². The first-order chi connectivity index (χ1) is 25.2. The minimum absolute atomic E-state index is 0.0833. The van der Waals surface area contributed by atoms with Gasteiger partial charge in [0.1, 0.15) is 5.82 Å². The number of carbonyl (C=O) groups is 2. The second-order valence-corrected chi connectivity index (χ2v) is 13.9. The summed E-state index contributed by atoms with van der Waals surface area (Å²) in [5, 5.41) is 6.08. The Kier molecular flexibility index (Phi) is 33.6. The largest absolute Gasteiger partial charge is 0.338 e. The zero-order chi connectivity index (χ0) is 41.5. The average molecular weight is 751 g/mol. The van der Waals surface area contributed by atoms with E-state index in [1.54, 1.807) is 23.6 Å². The van der Waals surface area contributed by atoms with Crippen molar-refractivity contribution in [1.82, 2.24) is 10.2 Å². The summed E-state index contributed by atoms with van der Waals surface area (Å²) in [6, 6.07) is 7.83. The molecule has 1 heterocycles. The Hall–Kier alpha value is -3.55. The average Bonchev–Trinajstić information content (AvgIpc) is 3.58. The summed E-state index contributed by atoms with van der Waals surface area (Å²) in [5.41, 5.74) is 5.92. The first-order valence-electron chi connectivity index (χ1n) is 20.0. The summed E-state index contributed by atoms with van der Waals surface area (Å²) in [4.78, 5) is 33.8. The van der Waals surface area contributed by atoms with Gasteiger partial charge in [-0.1, -0.05) is 113 Å². The lowest BCUT2D eigenvalue weighted by Crippen LogP contribution is -2.17. The molecular formula is C46H78N4O2S.